The van der Waals surface area contributed by atoms with Gasteiger partial charge >= 0.3 is 0 Å². The summed E-state index contributed by atoms with van der Waals surface area (Å²) in [4.78, 5) is 28.6. The molecular formula is C15H16ClN3O2. The van der Waals surface area contributed by atoms with Crippen LogP contribution in [0.15, 0.2) is 29.3 Å². The molecule has 1 saturated carbocycles. The van der Waals surface area contributed by atoms with Gasteiger partial charge in [-0.15, -0.1) is 0 Å². The number of nitrogens with zero attached hydrogens (tertiary/aromatic N) is 1. The first-order chi connectivity index (χ1) is 9.99. The number of carbonyl (C=O) groups is 2. The summed E-state index contributed by atoms with van der Waals surface area (Å²) in [5.41, 5.74) is 6.16. The maximum Gasteiger partial charge on any atom is 0.264 e. The summed E-state index contributed by atoms with van der Waals surface area (Å²) in [6.07, 6.45) is 3.45. The van der Waals surface area contributed by atoms with E-state index in [1.807, 2.05) is 0 Å². The number of hydrogen-bond acceptors (Lipinski definition) is 3. The van der Waals surface area contributed by atoms with E-state index in [0.29, 0.717) is 16.4 Å². The molecule has 21 heavy (non-hydrogen) atoms. The molecule has 0 saturated heterocycles. The Labute approximate surface area is 127 Å². The van der Waals surface area contributed by atoms with Crippen molar-refractivity contribution in [2.75, 3.05) is 0 Å². The summed E-state index contributed by atoms with van der Waals surface area (Å²) in [5, 5.41) is 3.28. The highest BCUT2D eigenvalue weighted by Gasteiger charge is 2.42. The first-order valence-corrected chi connectivity index (χ1v) is 7.36. The van der Waals surface area contributed by atoms with Gasteiger partial charge in [-0.05, 0) is 30.5 Å². The van der Waals surface area contributed by atoms with Gasteiger partial charge in [-0.25, -0.2) is 0 Å². The molecule has 0 bridgehead atoms. The third-order valence-corrected chi connectivity index (χ3v) is 4.40. The lowest BCUT2D eigenvalue weighted by Gasteiger charge is -2.30. The van der Waals surface area contributed by atoms with Crippen molar-refractivity contribution in [2.45, 2.75) is 37.1 Å². The van der Waals surface area contributed by atoms with Gasteiger partial charge in [0.25, 0.3) is 5.91 Å². The minimum absolute atomic E-state index is 0.320. The Bertz CT molecular complexity index is 618. The van der Waals surface area contributed by atoms with Gasteiger partial charge < -0.3 is 11.1 Å². The van der Waals surface area contributed by atoms with Crippen molar-refractivity contribution in [3.8, 4) is 0 Å². The maximum absolute atomic E-state index is 12.3. The highest BCUT2D eigenvalue weighted by Crippen LogP contribution is 2.30. The molecule has 6 heteroatoms. The first kappa shape index (κ1) is 14.2. The van der Waals surface area contributed by atoms with Crippen molar-refractivity contribution in [1.82, 2.24) is 5.32 Å². The van der Waals surface area contributed by atoms with Crippen LogP contribution in [0.4, 0.5) is 0 Å². The molecule has 0 radical (unpaired) electrons. The van der Waals surface area contributed by atoms with Crippen molar-refractivity contribution in [2.24, 2.45) is 10.7 Å². The Morgan fingerprint density at radius 2 is 1.81 bits per heavy atom. The first-order valence-electron chi connectivity index (χ1n) is 6.98. The van der Waals surface area contributed by atoms with Crippen LogP contribution in [0, 0.1) is 0 Å². The number of amidine groups is 1. The van der Waals surface area contributed by atoms with Crippen LogP contribution in [0.25, 0.3) is 0 Å². The Morgan fingerprint density at radius 3 is 2.38 bits per heavy atom. The lowest BCUT2D eigenvalue weighted by molar-refractivity contribution is -0.130. The Hall–Kier alpha value is -1.72. The SMILES string of the molecule is NC1(C2=NC(=O)C(c3ccc(Cl)cc3)C(=O)N2)CCCC1. The number of nitrogens with one attached hydrogen (secondary N) is 1. The molecule has 0 aromatic heterocycles. The molecule has 2 aliphatic rings. The number of amides is 2. The second-order valence-electron chi connectivity index (χ2n) is 5.64. The van der Waals surface area contributed by atoms with Gasteiger partial charge in [-0.3, -0.25) is 9.59 Å². The molecule has 5 nitrogen and oxygen atoms in total. The molecule has 1 unspecified atom stereocenters. The predicted octanol–water partition coefficient (Wildman–Crippen LogP) is 1.75. The Balaban J connectivity index is 1.90. The van der Waals surface area contributed by atoms with E-state index in [0.717, 1.165) is 25.7 Å². The average molecular weight is 306 g/mol. The van der Waals surface area contributed by atoms with Gasteiger partial charge in [0, 0.05) is 5.02 Å². The summed E-state index contributed by atoms with van der Waals surface area (Å²) >= 11 is 5.82. The number of nitrogens with two attached hydrogens (primary N) is 1. The van der Waals surface area contributed by atoms with Crippen LogP contribution < -0.4 is 11.1 Å². The smallest absolute Gasteiger partial charge is 0.264 e. The number of benzene rings is 1. The predicted molar refractivity (Wildman–Crippen MR) is 80.2 cm³/mol. The molecule has 1 aromatic rings. The van der Waals surface area contributed by atoms with Gasteiger partial charge in [0.2, 0.25) is 5.91 Å². The van der Waals surface area contributed by atoms with E-state index in [9.17, 15) is 9.59 Å². The van der Waals surface area contributed by atoms with E-state index in [1.54, 1.807) is 24.3 Å². The van der Waals surface area contributed by atoms with Crippen molar-refractivity contribution in [3.05, 3.63) is 34.9 Å². The van der Waals surface area contributed by atoms with Crippen molar-refractivity contribution < 1.29 is 9.59 Å². The summed E-state index contributed by atoms with van der Waals surface area (Å²) in [7, 11) is 0. The number of hydrogen-bond donors (Lipinski definition) is 2. The van der Waals surface area contributed by atoms with Crippen LogP contribution >= 0.6 is 11.6 Å². The fraction of sp³-hybridized carbons (Fsp3) is 0.400. The van der Waals surface area contributed by atoms with Crippen LogP contribution in [0.5, 0.6) is 0 Å². The maximum atomic E-state index is 12.3. The Morgan fingerprint density at radius 1 is 1.19 bits per heavy atom. The van der Waals surface area contributed by atoms with Crippen LogP contribution in [0.2, 0.25) is 5.02 Å². The molecular weight excluding hydrogens is 290 g/mol. The lowest BCUT2D eigenvalue weighted by Crippen LogP contribution is -2.57. The standard InChI is InChI=1S/C15H16ClN3O2/c16-10-5-3-9(4-6-10)11-12(20)18-14(19-13(11)21)15(17)7-1-2-8-15/h3-6,11H,1-2,7-8,17H2,(H,18,19,20,21). The van der Waals surface area contributed by atoms with Gasteiger partial charge in [-0.2, -0.15) is 4.99 Å². The summed E-state index contributed by atoms with van der Waals surface area (Å²) in [6, 6.07) is 6.63. The molecule has 1 fully saturated rings. The monoisotopic (exact) mass is 305 g/mol. The zero-order valence-electron chi connectivity index (χ0n) is 11.4. The summed E-state index contributed by atoms with van der Waals surface area (Å²) < 4.78 is 0. The molecule has 110 valence electrons. The third-order valence-electron chi connectivity index (χ3n) is 4.14. The highest BCUT2D eigenvalue weighted by atomic mass is 35.5. The number of halogens is 1. The van der Waals surface area contributed by atoms with Crippen molar-refractivity contribution in [3.63, 3.8) is 0 Å². The van der Waals surface area contributed by atoms with Crippen LogP contribution in [-0.4, -0.2) is 23.2 Å². The Kier molecular flexibility index (Phi) is 3.55. The second-order valence-corrected chi connectivity index (χ2v) is 6.07. The fourth-order valence-corrected chi connectivity index (χ4v) is 3.06. The highest BCUT2D eigenvalue weighted by molar-refractivity contribution is 6.30. The molecule has 1 aliphatic carbocycles. The van der Waals surface area contributed by atoms with E-state index in [4.69, 9.17) is 17.3 Å². The minimum atomic E-state index is -0.920. The van der Waals surface area contributed by atoms with Crippen LogP contribution in [0.3, 0.4) is 0 Å². The van der Waals surface area contributed by atoms with Gasteiger partial charge in [-0.1, -0.05) is 36.6 Å². The zero-order chi connectivity index (χ0) is 15.0. The molecule has 3 rings (SSSR count). The largest absolute Gasteiger partial charge is 0.319 e. The summed E-state index contributed by atoms with van der Waals surface area (Å²) in [5.74, 6) is -1.44. The van der Waals surface area contributed by atoms with E-state index >= 15 is 0 Å². The quantitative estimate of drug-likeness (QED) is 0.816. The van der Waals surface area contributed by atoms with Gasteiger partial charge in [0.05, 0.1) is 5.54 Å². The fourth-order valence-electron chi connectivity index (χ4n) is 2.93. The lowest BCUT2D eigenvalue weighted by atomic mass is 9.92. The van der Waals surface area contributed by atoms with Gasteiger partial charge in [0.1, 0.15) is 11.8 Å². The normalized spacial score (nSPS) is 24.7. The van der Waals surface area contributed by atoms with Crippen molar-refractivity contribution >= 4 is 29.3 Å². The molecule has 1 heterocycles. The zero-order valence-corrected chi connectivity index (χ0v) is 12.2. The third kappa shape index (κ3) is 2.59. The van der Waals surface area contributed by atoms with Crippen LogP contribution in [0.1, 0.15) is 37.2 Å². The molecule has 1 aliphatic heterocycles. The molecule has 1 atom stereocenters. The van der Waals surface area contributed by atoms with Crippen molar-refractivity contribution in [1.29, 1.82) is 0 Å². The van der Waals surface area contributed by atoms with E-state index in [2.05, 4.69) is 10.3 Å². The number of carbonyl (C=O) groups excluding carboxylic acids is 2. The molecule has 2 amide bonds. The molecule has 1 aromatic carbocycles. The van der Waals surface area contributed by atoms with Gasteiger partial charge in [0.15, 0.2) is 0 Å². The number of aliphatic imine (C=N–C) groups is 1. The summed E-state index contributed by atoms with van der Waals surface area (Å²) in [6.45, 7) is 0. The second kappa shape index (κ2) is 5.24. The number of rotatable bonds is 2. The minimum Gasteiger partial charge on any atom is -0.319 e. The van der Waals surface area contributed by atoms with Crippen LogP contribution in [-0.2, 0) is 9.59 Å². The molecule has 0 spiro atoms. The van der Waals surface area contributed by atoms with E-state index in [-0.39, 0.29) is 5.91 Å². The van der Waals surface area contributed by atoms with E-state index in [1.165, 1.54) is 0 Å². The average Bonchev–Trinajstić information content (AvgIpc) is 2.88. The molecule has 3 N–H and O–H groups in total. The van der Waals surface area contributed by atoms with E-state index < -0.39 is 17.4 Å². The topological polar surface area (TPSA) is 84.5 Å².